The molecule has 0 fully saturated rings. The van der Waals surface area contributed by atoms with Crippen LogP contribution in [0.15, 0.2) is 83.2 Å². The predicted octanol–water partition coefficient (Wildman–Crippen LogP) is 6.32. The third-order valence-corrected chi connectivity index (χ3v) is 8.55. The van der Waals surface area contributed by atoms with Crippen LogP contribution in [0.4, 0.5) is 10.1 Å². The quantitative estimate of drug-likeness (QED) is 0.255. The Morgan fingerprint density at radius 1 is 1.15 bits per heavy atom. The second-order valence-corrected chi connectivity index (χ2v) is 11.8. The number of hydrogen-bond acceptors (Lipinski definition) is 7. The average Bonchev–Trinajstić information content (AvgIpc) is 2.95. The molecular formula is C31H32FN3O5S. The Labute approximate surface area is 239 Å². The third-order valence-electron chi connectivity index (χ3n) is 7.26. The van der Waals surface area contributed by atoms with E-state index < -0.39 is 27.5 Å². The lowest BCUT2D eigenvalue weighted by molar-refractivity contribution is -0.161. The molecule has 0 spiro atoms. The van der Waals surface area contributed by atoms with Gasteiger partial charge in [-0.05, 0) is 73.2 Å². The van der Waals surface area contributed by atoms with Crippen molar-refractivity contribution in [1.29, 1.82) is 5.26 Å². The summed E-state index contributed by atoms with van der Waals surface area (Å²) in [4.78, 5) is 17.3. The van der Waals surface area contributed by atoms with E-state index in [0.29, 0.717) is 31.2 Å². The topological polar surface area (TPSA) is 129 Å². The summed E-state index contributed by atoms with van der Waals surface area (Å²) in [5.41, 5.74) is 1.33. The van der Waals surface area contributed by atoms with Crippen LogP contribution in [0.5, 0.6) is 0 Å². The molecule has 2 atom stereocenters. The summed E-state index contributed by atoms with van der Waals surface area (Å²) in [5.74, 6) is -1.48. The van der Waals surface area contributed by atoms with Gasteiger partial charge in [0.1, 0.15) is 23.2 Å². The summed E-state index contributed by atoms with van der Waals surface area (Å²) < 4.78 is 47.6. The number of sulfonamides is 1. The van der Waals surface area contributed by atoms with Crippen molar-refractivity contribution in [2.75, 3.05) is 4.72 Å². The standard InChI is InChI=1S/C31H32FN3O5S/c1-3-15-31(16-14-21-8-11-24(32)12-9-21)18-27(36)29(30(37)40-31)26(4-2)23-6-5-7-25(17-23)35-41(38,39)28-13-10-22(19-33)20-34-28/h5-13,17,20,26,35-36H,3-4,14-16,18H2,1-2H3/t26-,31+/m1/s1. The molecule has 1 aliphatic rings. The fraction of sp³-hybridized carbons (Fsp3) is 0.323. The summed E-state index contributed by atoms with van der Waals surface area (Å²) in [6, 6.07) is 17.3. The number of nitrogens with one attached hydrogen (secondary N) is 1. The van der Waals surface area contributed by atoms with Gasteiger partial charge in [-0.25, -0.2) is 14.2 Å². The van der Waals surface area contributed by atoms with Gasteiger partial charge in [-0.15, -0.1) is 0 Å². The average molecular weight is 578 g/mol. The van der Waals surface area contributed by atoms with E-state index in [1.807, 2.05) is 19.9 Å². The Morgan fingerprint density at radius 3 is 2.51 bits per heavy atom. The second-order valence-electron chi connectivity index (χ2n) is 10.2. The highest BCUT2D eigenvalue weighted by molar-refractivity contribution is 7.92. The first kappa shape index (κ1) is 29.7. The number of aryl methyl sites for hydroxylation is 1. The van der Waals surface area contributed by atoms with Crippen molar-refractivity contribution in [2.45, 2.75) is 68.9 Å². The van der Waals surface area contributed by atoms with Crippen LogP contribution in [0.1, 0.15) is 68.6 Å². The molecule has 0 radical (unpaired) electrons. The number of hydrogen-bond donors (Lipinski definition) is 2. The number of pyridine rings is 1. The number of carbonyl (C=O) groups excluding carboxylic acids is 1. The highest BCUT2D eigenvalue weighted by Gasteiger charge is 2.43. The van der Waals surface area contributed by atoms with Crippen LogP contribution in [-0.4, -0.2) is 30.1 Å². The fourth-order valence-corrected chi connectivity index (χ4v) is 6.25. The van der Waals surface area contributed by atoms with Gasteiger partial charge < -0.3 is 9.84 Å². The van der Waals surface area contributed by atoms with Gasteiger partial charge in [-0.3, -0.25) is 4.72 Å². The maximum atomic E-state index is 13.4. The first-order chi connectivity index (χ1) is 19.6. The molecule has 4 rings (SSSR count). The van der Waals surface area contributed by atoms with Gasteiger partial charge in [0, 0.05) is 24.2 Å². The lowest BCUT2D eigenvalue weighted by atomic mass is 9.80. The molecule has 0 unspecified atom stereocenters. The predicted molar refractivity (Wildman–Crippen MR) is 152 cm³/mol. The van der Waals surface area contributed by atoms with Crippen molar-refractivity contribution in [1.82, 2.24) is 4.98 Å². The van der Waals surface area contributed by atoms with Crippen LogP contribution in [-0.2, 0) is 26.0 Å². The molecule has 2 heterocycles. The second kappa shape index (κ2) is 12.5. The highest BCUT2D eigenvalue weighted by Crippen LogP contribution is 2.42. The normalized spacial score (nSPS) is 18.0. The zero-order valence-electron chi connectivity index (χ0n) is 22.9. The number of aliphatic hydroxyl groups is 1. The van der Waals surface area contributed by atoms with Crippen LogP contribution >= 0.6 is 0 Å². The number of aliphatic hydroxyl groups excluding tert-OH is 1. The minimum Gasteiger partial charge on any atom is -0.512 e. The van der Waals surface area contributed by atoms with Crippen molar-refractivity contribution in [3.05, 3.63) is 101 Å². The SMILES string of the molecule is CCC[C@]1(CCc2ccc(F)cc2)CC(O)=C([C@H](CC)c2cccc(NS(=O)(=O)c3ccc(C#N)cn3)c2)C(=O)O1. The molecule has 0 bridgehead atoms. The Hall–Kier alpha value is -4.23. The monoisotopic (exact) mass is 577 g/mol. The minimum atomic E-state index is -4.03. The first-order valence-electron chi connectivity index (χ1n) is 13.5. The number of esters is 1. The van der Waals surface area contributed by atoms with E-state index in [0.717, 1.165) is 12.0 Å². The number of nitrogens with zero attached hydrogens (tertiary/aromatic N) is 2. The Morgan fingerprint density at radius 2 is 1.90 bits per heavy atom. The fourth-order valence-electron chi connectivity index (χ4n) is 5.27. The van der Waals surface area contributed by atoms with E-state index in [-0.39, 0.29) is 39.8 Å². The van der Waals surface area contributed by atoms with Crippen molar-refractivity contribution in [2.24, 2.45) is 0 Å². The number of aromatic nitrogens is 1. The smallest absolute Gasteiger partial charge is 0.338 e. The summed E-state index contributed by atoms with van der Waals surface area (Å²) >= 11 is 0. The Kier molecular flexibility index (Phi) is 9.08. The van der Waals surface area contributed by atoms with E-state index in [9.17, 15) is 22.7 Å². The molecule has 10 heteroatoms. The van der Waals surface area contributed by atoms with Crippen LogP contribution in [0.25, 0.3) is 0 Å². The molecule has 3 aromatic rings. The number of cyclic esters (lactones) is 1. The molecule has 0 aliphatic carbocycles. The molecule has 0 amide bonds. The Balaban J connectivity index is 1.57. The van der Waals surface area contributed by atoms with Crippen molar-refractivity contribution in [3.8, 4) is 6.07 Å². The summed E-state index contributed by atoms with van der Waals surface area (Å²) in [5, 5.41) is 19.9. The molecular weight excluding hydrogens is 545 g/mol. The zero-order valence-corrected chi connectivity index (χ0v) is 23.7. The molecule has 1 aromatic heterocycles. The van der Waals surface area contributed by atoms with Crippen molar-refractivity contribution < 1.29 is 27.4 Å². The van der Waals surface area contributed by atoms with Gasteiger partial charge in [0.05, 0.1) is 11.1 Å². The number of benzene rings is 2. The maximum Gasteiger partial charge on any atom is 0.338 e. The summed E-state index contributed by atoms with van der Waals surface area (Å²) in [6.07, 6.45) is 4.15. The highest BCUT2D eigenvalue weighted by atomic mass is 32.2. The van der Waals surface area contributed by atoms with Gasteiger partial charge in [-0.1, -0.05) is 44.5 Å². The third kappa shape index (κ3) is 6.92. The molecule has 2 aromatic carbocycles. The number of ether oxygens (including phenoxy) is 1. The van der Waals surface area contributed by atoms with Crippen LogP contribution in [0, 0.1) is 17.1 Å². The number of carbonyl (C=O) groups is 1. The molecule has 0 saturated carbocycles. The van der Waals surface area contributed by atoms with Crippen molar-refractivity contribution >= 4 is 21.7 Å². The zero-order chi connectivity index (χ0) is 29.6. The molecule has 0 saturated heterocycles. The van der Waals surface area contributed by atoms with Crippen LogP contribution < -0.4 is 4.72 Å². The molecule has 214 valence electrons. The number of halogens is 1. The Bertz CT molecular complexity index is 1580. The maximum absolute atomic E-state index is 13.4. The van der Waals surface area contributed by atoms with Gasteiger partial charge >= 0.3 is 5.97 Å². The van der Waals surface area contributed by atoms with Gasteiger partial charge in [0.2, 0.25) is 0 Å². The molecule has 8 nitrogen and oxygen atoms in total. The number of anilines is 1. The van der Waals surface area contributed by atoms with E-state index >= 15 is 0 Å². The largest absolute Gasteiger partial charge is 0.512 e. The van der Waals surface area contributed by atoms with Crippen LogP contribution in [0.2, 0.25) is 0 Å². The van der Waals surface area contributed by atoms with E-state index in [2.05, 4.69) is 9.71 Å². The molecule has 1 aliphatic heterocycles. The summed E-state index contributed by atoms with van der Waals surface area (Å²) in [7, 11) is -4.03. The number of rotatable bonds is 11. The number of nitriles is 1. The van der Waals surface area contributed by atoms with Gasteiger partial charge in [0.25, 0.3) is 10.0 Å². The van der Waals surface area contributed by atoms with E-state index in [1.54, 1.807) is 36.4 Å². The van der Waals surface area contributed by atoms with E-state index in [1.165, 1.54) is 30.5 Å². The minimum absolute atomic E-state index is 0.0339. The first-order valence-corrected chi connectivity index (χ1v) is 15.0. The lowest BCUT2D eigenvalue weighted by Gasteiger charge is -2.38. The molecule has 41 heavy (non-hydrogen) atoms. The molecule has 2 N–H and O–H groups in total. The lowest BCUT2D eigenvalue weighted by Crippen LogP contribution is -2.41. The van der Waals surface area contributed by atoms with E-state index in [4.69, 9.17) is 10.00 Å². The van der Waals surface area contributed by atoms with Gasteiger partial charge in [-0.2, -0.15) is 13.7 Å². The van der Waals surface area contributed by atoms with Gasteiger partial charge in [0.15, 0.2) is 5.03 Å². The van der Waals surface area contributed by atoms with Crippen molar-refractivity contribution in [3.63, 3.8) is 0 Å². The van der Waals surface area contributed by atoms with Crippen LogP contribution in [0.3, 0.4) is 0 Å². The summed E-state index contributed by atoms with van der Waals surface area (Å²) in [6.45, 7) is 3.86.